The maximum absolute atomic E-state index is 12.9. The minimum Gasteiger partial charge on any atom is -0.390 e. The first-order chi connectivity index (χ1) is 16.5. The highest BCUT2D eigenvalue weighted by Gasteiger charge is 2.52. The molecule has 0 saturated carbocycles. The summed E-state index contributed by atoms with van der Waals surface area (Å²) in [5, 5.41) is 14.8. The van der Waals surface area contributed by atoms with Gasteiger partial charge in [0, 0.05) is 12.0 Å². The molecule has 3 aromatic rings. The summed E-state index contributed by atoms with van der Waals surface area (Å²) in [6.07, 6.45) is 1.49. The summed E-state index contributed by atoms with van der Waals surface area (Å²) in [6, 6.07) is 24.4. The van der Waals surface area contributed by atoms with Crippen molar-refractivity contribution in [3.05, 3.63) is 106 Å². The van der Waals surface area contributed by atoms with Crippen molar-refractivity contribution in [3.8, 4) is 0 Å². The number of benzene rings is 3. The van der Waals surface area contributed by atoms with Crippen LogP contribution in [0.25, 0.3) is 0 Å². The van der Waals surface area contributed by atoms with Crippen molar-refractivity contribution < 1.29 is 9.90 Å². The fourth-order valence-corrected chi connectivity index (χ4v) is 5.87. The molecule has 1 amide bonds. The summed E-state index contributed by atoms with van der Waals surface area (Å²) in [7, 11) is 0. The zero-order valence-electron chi connectivity index (χ0n) is 20.1. The summed E-state index contributed by atoms with van der Waals surface area (Å²) in [6.45, 7) is 7.12. The molecule has 0 unspecified atom stereocenters. The number of piperidine rings is 1. The average Bonchev–Trinajstić information content (AvgIpc) is 3.06. The van der Waals surface area contributed by atoms with Gasteiger partial charge in [-0.15, -0.1) is 0 Å². The van der Waals surface area contributed by atoms with Crippen molar-refractivity contribution in [2.45, 2.75) is 57.2 Å². The molecule has 1 heterocycles. The van der Waals surface area contributed by atoms with Gasteiger partial charge in [-0.2, -0.15) is 0 Å². The molecule has 1 spiro atoms. The number of nitrogens with one attached hydrogen (secondary N) is 1. The molecule has 2 atom stereocenters. The van der Waals surface area contributed by atoms with Gasteiger partial charge in [0.05, 0.1) is 18.6 Å². The van der Waals surface area contributed by atoms with Crippen LogP contribution in [0.3, 0.4) is 0 Å². The van der Waals surface area contributed by atoms with Gasteiger partial charge in [-0.3, -0.25) is 9.69 Å². The molecule has 1 aliphatic heterocycles. The molecule has 2 N–H and O–H groups in total. The van der Waals surface area contributed by atoms with E-state index in [2.05, 4.69) is 60.5 Å². The van der Waals surface area contributed by atoms with E-state index in [1.54, 1.807) is 0 Å². The fraction of sp³-hybridized carbons (Fsp3) is 0.367. The van der Waals surface area contributed by atoms with Crippen LogP contribution in [0.5, 0.6) is 0 Å². The van der Waals surface area contributed by atoms with E-state index >= 15 is 0 Å². The molecule has 34 heavy (non-hydrogen) atoms. The number of fused-ring (bicyclic) bond motifs is 2. The zero-order chi connectivity index (χ0) is 23.7. The third-order valence-electron chi connectivity index (χ3n) is 7.96. The molecule has 1 aliphatic carbocycles. The Morgan fingerprint density at radius 2 is 1.65 bits per heavy atom. The van der Waals surface area contributed by atoms with Crippen molar-refractivity contribution >= 4 is 5.91 Å². The topological polar surface area (TPSA) is 52.6 Å². The Hall–Kier alpha value is -2.95. The second kappa shape index (κ2) is 9.36. The summed E-state index contributed by atoms with van der Waals surface area (Å²) in [4.78, 5) is 15.4. The fourth-order valence-electron chi connectivity index (χ4n) is 5.87. The van der Waals surface area contributed by atoms with Crippen LogP contribution in [0, 0.1) is 13.8 Å². The molecule has 5 rings (SSSR count). The number of carbonyl (C=O) groups excluding carboxylic acids is 1. The van der Waals surface area contributed by atoms with Crippen LogP contribution in [0.2, 0.25) is 0 Å². The SMILES string of the molecule is Cc1ccc(CN2CCC3(CC2)c2ccccc2[C@@H](NC(=O)Cc2ccccc2)[C@@H]3O)cc1C. The van der Waals surface area contributed by atoms with Gasteiger partial charge in [0.25, 0.3) is 0 Å². The number of nitrogens with zero attached hydrogens (tertiary/aromatic N) is 1. The van der Waals surface area contributed by atoms with E-state index in [0.717, 1.165) is 43.6 Å². The highest BCUT2D eigenvalue weighted by Crippen LogP contribution is 2.51. The number of hydrogen-bond donors (Lipinski definition) is 2. The normalized spacial score (nSPS) is 21.4. The minimum atomic E-state index is -0.617. The lowest BCUT2D eigenvalue weighted by Gasteiger charge is -2.43. The largest absolute Gasteiger partial charge is 0.390 e. The van der Waals surface area contributed by atoms with Crippen LogP contribution in [0.4, 0.5) is 0 Å². The lowest BCUT2D eigenvalue weighted by Crippen LogP contribution is -2.49. The van der Waals surface area contributed by atoms with E-state index in [0.29, 0.717) is 6.42 Å². The predicted molar refractivity (Wildman–Crippen MR) is 136 cm³/mol. The molecule has 1 fully saturated rings. The summed E-state index contributed by atoms with van der Waals surface area (Å²) in [5.74, 6) is -0.0470. The van der Waals surface area contributed by atoms with Crippen LogP contribution in [-0.4, -0.2) is 35.1 Å². The van der Waals surface area contributed by atoms with Crippen molar-refractivity contribution in [2.24, 2.45) is 0 Å². The molecule has 4 nitrogen and oxygen atoms in total. The highest BCUT2D eigenvalue weighted by atomic mass is 16.3. The van der Waals surface area contributed by atoms with E-state index in [1.165, 1.54) is 22.3 Å². The van der Waals surface area contributed by atoms with Crippen LogP contribution in [-0.2, 0) is 23.2 Å². The summed E-state index contributed by atoms with van der Waals surface area (Å²) in [5.41, 5.74) is 6.96. The molecule has 4 heteroatoms. The van der Waals surface area contributed by atoms with Crippen molar-refractivity contribution in [1.29, 1.82) is 0 Å². The van der Waals surface area contributed by atoms with Gasteiger partial charge < -0.3 is 10.4 Å². The van der Waals surface area contributed by atoms with E-state index in [-0.39, 0.29) is 17.4 Å². The number of hydrogen-bond acceptors (Lipinski definition) is 3. The minimum absolute atomic E-state index is 0.0470. The number of rotatable bonds is 5. The molecule has 1 saturated heterocycles. The monoisotopic (exact) mass is 454 g/mol. The van der Waals surface area contributed by atoms with E-state index < -0.39 is 6.10 Å². The van der Waals surface area contributed by atoms with Crippen LogP contribution < -0.4 is 5.32 Å². The quantitative estimate of drug-likeness (QED) is 0.592. The molecule has 0 radical (unpaired) electrons. The lowest BCUT2D eigenvalue weighted by atomic mass is 9.72. The number of amides is 1. The molecule has 0 bridgehead atoms. The summed E-state index contributed by atoms with van der Waals surface area (Å²) >= 11 is 0. The van der Waals surface area contributed by atoms with Gasteiger partial charge in [0.1, 0.15) is 0 Å². The lowest BCUT2D eigenvalue weighted by molar-refractivity contribution is -0.122. The van der Waals surface area contributed by atoms with Crippen molar-refractivity contribution in [3.63, 3.8) is 0 Å². The van der Waals surface area contributed by atoms with Crippen LogP contribution >= 0.6 is 0 Å². The molecular weight excluding hydrogens is 420 g/mol. The predicted octanol–water partition coefficient (Wildman–Crippen LogP) is 4.61. The molecular formula is C30H34N2O2. The first-order valence-corrected chi connectivity index (χ1v) is 12.4. The number of aryl methyl sites for hydroxylation is 2. The third-order valence-corrected chi connectivity index (χ3v) is 7.96. The second-order valence-electron chi connectivity index (χ2n) is 10.1. The third kappa shape index (κ3) is 4.28. The first kappa shape index (κ1) is 22.8. The van der Waals surface area contributed by atoms with E-state index in [4.69, 9.17) is 0 Å². The average molecular weight is 455 g/mol. The Morgan fingerprint density at radius 3 is 2.38 bits per heavy atom. The van der Waals surface area contributed by atoms with Crippen LogP contribution in [0.1, 0.15) is 52.3 Å². The molecule has 0 aromatic heterocycles. The number of likely N-dealkylation sites (tertiary alicyclic amines) is 1. The highest BCUT2D eigenvalue weighted by molar-refractivity contribution is 5.79. The smallest absolute Gasteiger partial charge is 0.224 e. The molecule has 176 valence electrons. The Kier molecular flexibility index (Phi) is 6.28. The van der Waals surface area contributed by atoms with Crippen LogP contribution in [0.15, 0.2) is 72.8 Å². The Labute approximate surface area is 202 Å². The van der Waals surface area contributed by atoms with Gasteiger partial charge in [-0.1, -0.05) is 72.8 Å². The Bertz CT molecular complexity index is 1170. The van der Waals surface area contributed by atoms with Crippen molar-refractivity contribution in [1.82, 2.24) is 10.2 Å². The van der Waals surface area contributed by atoms with Gasteiger partial charge >= 0.3 is 0 Å². The number of carbonyl (C=O) groups is 1. The summed E-state index contributed by atoms with van der Waals surface area (Å²) < 4.78 is 0. The van der Waals surface area contributed by atoms with Gasteiger partial charge in [-0.25, -0.2) is 0 Å². The maximum Gasteiger partial charge on any atom is 0.224 e. The standard InChI is InChI=1S/C30H34N2O2/c1-21-12-13-24(18-22(21)2)20-32-16-14-30(15-17-32)26-11-7-6-10-25(26)28(29(30)34)31-27(33)19-23-8-4-3-5-9-23/h3-13,18,28-29,34H,14-17,19-20H2,1-2H3,(H,31,33)/t28-,29+/m1/s1. The van der Waals surface area contributed by atoms with E-state index in [9.17, 15) is 9.90 Å². The Morgan fingerprint density at radius 1 is 0.941 bits per heavy atom. The zero-order valence-corrected chi connectivity index (χ0v) is 20.1. The van der Waals surface area contributed by atoms with Gasteiger partial charge in [-0.05, 0) is 73.2 Å². The van der Waals surface area contributed by atoms with Gasteiger partial charge in [0.2, 0.25) is 5.91 Å². The first-order valence-electron chi connectivity index (χ1n) is 12.4. The van der Waals surface area contributed by atoms with Crippen molar-refractivity contribution in [2.75, 3.05) is 13.1 Å². The van der Waals surface area contributed by atoms with Gasteiger partial charge in [0.15, 0.2) is 0 Å². The maximum atomic E-state index is 12.9. The Balaban J connectivity index is 1.30. The molecule has 2 aliphatic rings. The number of aliphatic hydroxyl groups excluding tert-OH is 1. The second-order valence-corrected chi connectivity index (χ2v) is 10.1. The molecule has 3 aromatic carbocycles. The van der Waals surface area contributed by atoms with E-state index in [1.807, 2.05) is 36.4 Å². The number of aliphatic hydroxyl groups is 1.